The van der Waals surface area contributed by atoms with Gasteiger partial charge < -0.3 is 20.4 Å². The molecule has 8 heteroatoms. The van der Waals surface area contributed by atoms with E-state index in [0.717, 1.165) is 10.8 Å². The van der Waals surface area contributed by atoms with Crippen molar-refractivity contribution in [3.63, 3.8) is 0 Å². The lowest BCUT2D eigenvalue weighted by atomic mass is 9.79. The summed E-state index contributed by atoms with van der Waals surface area (Å²) in [4.78, 5) is 50.4. The zero-order chi connectivity index (χ0) is 36.3. The summed E-state index contributed by atoms with van der Waals surface area (Å²) in [6, 6.07) is 37.6. The van der Waals surface area contributed by atoms with Gasteiger partial charge in [0.25, 0.3) is 0 Å². The second kappa shape index (κ2) is 12.2. The minimum atomic E-state index is -1.17. The van der Waals surface area contributed by atoms with Crippen LogP contribution < -0.4 is 0 Å². The van der Waals surface area contributed by atoms with Crippen molar-refractivity contribution in [2.75, 3.05) is 0 Å². The molecule has 8 aromatic carbocycles. The molecule has 8 nitrogen and oxygen atoms in total. The average Bonchev–Trinajstić information content (AvgIpc) is 3.16. The van der Waals surface area contributed by atoms with E-state index in [1.807, 2.05) is 30.3 Å². The predicted molar refractivity (Wildman–Crippen MR) is 200 cm³/mol. The lowest BCUT2D eigenvalue weighted by molar-refractivity contribution is 0.0687. The van der Waals surface area contributed by atoms with Crippen LogP contribution in [0.25, 0.3) is 76.8 Å². The molecule has 8 rings (SSSR count). The van der Waals surface area contributed by atoms with Gasteiger partial charge in [0, 0.05) is 0 Å². The van der Waals surface area contributed by atoms with Crippen LogP contribution in [-0.4, -0.2) is 44.3 Å². The predicted octanol–water partition coefficient (Wildman–Crippen LogP) is 10.0. The van der Waals surface area contributed by atoms with Gasteiger partial charge in [-0.25, -0.2) is 19.2 Å². The van der Waals surface area contributed by atoms with Crippen molar-refractivity contribution in [2.45, 2.75) is 0 Å². The lowest BCUT2D eigenvalue weighted by Gasteiger charge is -2.23. The van der Waals surface area contributed by atoms with E-state index in [1.165, 1.54) is 18.2 Å². The van der Waals surface area contributed by atoms with Crippen LogP contribution in [0.4, 0.5) is 0 Å². The first-order valence-corrected chi connectivity index (χ1v) is 16.2. The summed E-state index contributed by atoms with van der Waals surface area (Å²) in [6.07, 6.45) is 0. The van der Waals surface area contributed by atoms with E-state index >= 15 is 0 Å². The number of hydrogen-bond donors (Lipinski definition) is 4. The topological polar surface area (TPSA) is 149 Å². The fraction of sp³-hybridized carbons (Fsp3) is 0. The molecule has 0 aromatic heterocycles. The Morgan fingerprint density at radius 1 is 0.308 bits per heavy atom. The number of carboxylic acid groups (broad SMARTS) is 4. The Kier molecular flexibility index (Phi) is 7.50. The molecule has 0 radical (unpaired) electrons. The SMILES string of the molecule is O=C(O)c1ccccc1-c1ccc2cc(-c3ccccc3C(=O)O)c3c(-c4ccccc4C(=O)O)cc(-c4ccccc4C(=O)O)c4ccc1c2c43. The third kappa shape index (κ3) is 4.93. The number of benzene rings is 8. The maximum atomic E-state index is 12.7. The zero-order valence-corrected chi connectivity index (χ0v) is 27.1. The Bertz CT molecular complexity index is 2810. The Morgan fingerprint density at radius 3 is 1.12 bits per heavy atom. The largest absolute Gasteiger partial charge is 0.478 e. The van der Waals surface area contributed by atoms with Crippen molar-refractivity contribution >= 4 is 56.2 Å². The summed E-state index contributed by atoms with van der Waals surface area (Å²) in [5.74, 6) is -4.54. The highest BCUT2D eigenvalue weighted by Gasteiger charge is 2.26. The van der Waals surface area contributed by atoms with Crippen LogP contribution in [0.15, 0.2) is 133 Å². The summed E-state index contributed by atoms with van der Waals surface area (Å²) in [5.41, 5.74) is 4.05. The van der Waals surface area contributed by atoms with Crippen molar-refractivity contribution in [3.8, 4) is 44.5 Å². The smallest absolute Gasteiger partial charge is 0.336 e. The summed E-state index contributed by atoms with van der Waals surface area (Å²) in [6.45, 7) is 0. The minimum absolute atomic E-state index is 0.00328. The van der Waals surface area contributed by atoms with E-state index in [-0.39, 0.29) is 22.3 Å². The van der Waals surface area contributed by atoms with Gasteiger partial charge in [-0.1, -0.05) is 97.1 Å². The molecular formula is C44H26O8. The summed E-state index contributed by atoms with van der Waals surface area (Å²) < 4.78 is 0. The molecule has 0 saturated heterocycles. The van der Waals surface area contributed by atoms with Gasteiger partial charge in [-0.15, -0.1) is 0 Å². The van der Waals surface area contributed by atoms with E-state index in [1.54, 1.807) is 84.9 Å². The maximum Gasteiger partial charge on any atom is 0.336 e. The molecule has 4 N–H and O–H groups in total. The molecule has 0 heterocycles. The highest BCUT2D eigenvalue weighted by atomic mass is 16.4. The molecule has 8 aromatic rings. The van der Waals surface area contributed by atoms with E-state index in [9.17, 15) is 39.6 Å². The van der Waals surface area contributed by atoms with Crippen LogP contribution in [0, 0.1) is 0 Å². The van der Waals surface area contributed by atoms with Gasteiger partial charge in [-0.05, 0) is 113 Å². The first-order valence-electron chi connectivity index (χ1n) is 16.2. The van der Waals surface area contributed by atoms with Crippen LogP contribution in [0.5, 0.6) is 0 Å². The first-order chi connectivity index (χ1) is 25.2. The molecule has 0 fully saturated rings. The van der Waals surface area contributed by atoms with Crippen LogP contribution in [0.3, 0.4) is 0 Å². The molecule has 0 unspecified atom stereocenters. The number of carboxylic acids is 4. The summed E-state index contributed by atoms with van der Waals surface area (Å²) in [5, 5.41) is 45.2. The molecule has 0 aliphatic heterocycles. The van der Waals surface area contributed by atoms with Gasteiger partial charge in [0.2, 0.25) is 0 Å². The van der Waals surface area contributed by atoms with Crippen molar-refractivity contribution in [3.05, 3.63) is 156 Å². The number of hydrogen-bond acceptors (Lipinski definition) is 4. The fourth-order valence-electron chi connectivity index (χ4n) is 7.51. The first kappa shape index (κ1) is 31.9. The van der Waals surface area contributed by atoms with Crippen LogP contribution in [-0.2, 0) is 0 Å². The van der Waals surface area contributed by atoms with Gasteiger partial charge in [0.05, 0.1) is 22.3 Å². The molecule has 0 aliphatic carbocycles. The summed E-state index contributed by atoms with van der Waals surface area (Å²) in [7, 11) is 0. The highest BCUT2D eigenvalue weighted by molar-refractivity contribution is 6.34. The lowest BCUT2D eigenvalue weighted by Crippen LogP contribution is -2.04. The molecule has 0 amide bonds. The van der Waals surface area contributed by atoms with Crippen molar-refractivity contribution in [2.24, 2.45) is 0 Å². The minimum Gasteiger partial charge on any atom is -0.478 e. The summed E-state index contributed by atoms with van der Waals surface area (Å²) >= 11 is 0. The number of rotatable bonds is 8. The van der Waals surface area contributed by atoms with Crippen LogP contribution >= 0.6 is 0 Å². The van der Waals surface area contributed by atoms with Gasteiger partial charge in [-0.3, -0.25) is 0 Å². The van der Waals surface area contributed by atoms with Gasteiger partial charge in [0.1, 0.15) is 0 Å². The molecule has 0 saturated carbocycles. The molecule has 0 aliphatic rings. The standard InChI is InChI=1S/C44H26O8/c45-41(46)31-13-5-1-9-24(31)28-18-17-23-21-36(26-11-3-7-15-33(26)43(49)50)39-37(27-12-4-8-16-34(27)44(51)52)22-35(25-10-2-6-14-32(25)42(47)48)30-20-19-29(28)38(23)40(30)39/h1-22H,(H,45,46)(H,47,48)(H,49,50)(H,51,52). The molecule has 0 spiro atoms. The number of aromatic carboxylic acids is 4. The quantitative estimate of drug-likeness (QED) is 0.116. The fourth-order valence-corrected chi connectivity index (χ4v) is 7.51. The van der Waals surface area contributed by atoms with Crippen molar-refractivity contribution in [1.82, 2.24) is 0 Å². The van der Waals surface area contributed by atoms with Crippen molar-refractivity contribution in [1.29, 1.82) is 0 Å². The van der Waals surface area contributed by atoms with Crippen molar-refractivity contribution < 1.29 is 39.6 Å². The Labute approximate surface area is 295 Å². The maximum absolute atomic E-state index is 12.7. The second-order valence-electron chi connectivity index (χ2n) is 12.4. The normalized spacial score (nSPS) is 11.3. The Hall–Kier alpha value is -7.32. The molecule has 0 atom stereocenters. The number of carbonyl (C=O) groups is 4. The average molecular weight is 683 g/mol. The van der Waals surface area contributed by atoms with E-state index in [4.69, 9.17) is 0 Å². The van der Waals surface area contributed by atoms with E-state index in [2.05, 4.69) is 0 Å². The monoisotopic (exact) mass is 682 g/mol. The molecular weight excluding hydrogens is 656 g/mol. The van der Waals surface area contributed by atoms with Gasteiger partial charge in [0.15, 0.2) is 0 Å². The van der Waals surface area contributed by atoms with E-state index in [0.29, 0.717) is 66.1 Å². The molecule has 0 bridgehead atoms. The van der Waals surface area contributed by atoms with Crippen LogP contribution in [0.1, 0.15) is 41.4 Å². The molecule has 250 valence electrons. The second-order valence-corrected chi connectivity index (χ2v) is 12.4. The van der Waals surface area contributed by atoms with Gasteiger partial charge >= 0.3 is 23.9 Å². The third-order valence-corrected chi connectivity index (χ3v) is 9.67. The van der Waals surface area contributed by atoms with Gasteiger partial charge in [-0.2, -0.15) is 0 Å². The van der Waals surface area contributed by atoms with Crippen LogP contribution in [0.2, 0.25) is 0 Å². The molecule has 52 heavy (non-hydrogen) atoms. The zero-order valence-electron chi connectivity index (χ0n) is 27.1. The Morgan fingerprint density at radius 2 is 0.673 bits per heavy atom. The Balaban J connectivity index is 1.66. The highest BCUT2D eigenvalue weighted by Crippen LogP contribution is 2.50. The van der Waals surface area contributed by atoms with E-state index < -0.39 is 23.9 Å². The third-order valence-electron chi connectivity index (χ3n) is 9.67.